The number of amides is 1. The Morgan fingerprint density at radius 2 is 2.47 bits per heavy atom. The second-order valence-corrected chi connectivity index (χ2v) is 4.16. The summed E-state index contributed by atoms with van der Waals surface area (Å²) in [5.41, 5.74) is 0. The number of ether oxygens (including phenoxy) is 1. The molecule has 1 aliphatic rings. The molecule has 0 radical (unpaired) electrons. The number of nitrogens with one attached hydrogen (secondary N) is 2. The van der Waals surface area contributed by atoms with E-state index in [0.717, 1.165) is 26.0 Å². The van der Waals surface area contributed by atoms with E-state index in [2.05, 4.69) is 17.6 Å². The monoisotopic (exact) mass is 214 g/mol. The van der Waals surface area contributed by atoms with Crippen LogP contribution in [0.4, 0.5) is 0 Å². The first-order chi connectivity index (χ1) is 7.24. The molecule has 1 aliphatic heterocycles. The molecule has 0 aromatic heterocycles. The molecule has 1 rings (SSSR count). The van der Waals surface area contributed by atoms with Gasteiger partial charge >= 0.3 is 0 Å². The fourth-order valence-corrected chi connectivity index (χ4v) is 1.71. The summed E-state index contributed by atoms with van der Waals surface area (Å²) in [6.45, 7) is 7.10. The van der Waals surface area contributed by atoms with Gasteiger partial charge in [-0.15, -0.1) is 0 Å². The Morgan fingerprint density at radius 3 is 3.07 bits per heavy atom. The second-order valence-electron chi connectivity index (χ2n) is 4.16. The lowest BCUT2D eigenvalue weighted by atomic mass is 10.1. The van der Waals surface area contributed by atoms with Gasteiger partial charge in [-0.05, 0) is 6.42 Å². The molecule has 0 bridgehead atoms. The Bertz CT molecular complexity index is 191. The highest BCUT2D eigenvalue weighted by Crippen LogP contribution is 2.04. The largest absolute Gasteiger partial charge is 0.378 e. The molecule has 2 atom stereocenters. The Balaban J connectivity index is 2.14. The molecule has 1 fully saturated rings. The first-order valence-corrected chi connectivity index (χ1v) is 5.83. The van der Waals surface area contributed by atoms with Gasteiger partial charge in [0.15, 0.2) is 0 Å². The van der Waals surface area contributed by atoms with Crippen LogP contribution in [-0.4, -0.2) is 38.3 Å². The van der Waals surface area contributed by atoms with Gasteiger partial charge in [-0.25, -0.2) is 0 Å². The van der Waals surface area contributed by atoms with E-state index >= 15 is 0 Å². The lowest BCUT2D eigenvalue weighted by Gasteiger charge is -2.24. The van der Waals surface area contributed by atoms with Gasteiger partial charge in [0.05, 0.1) is 13.2 Å². The third kappa shape index (κ3) is 4.62. The molecule has 2 unspecified atom stereocenters. The van der Waals surface area contributed by atoms with Crippen LogP contribution in [0.15, 0.2) is 0 Å². The second kappa shape index (κ2) is 6.80. The smallest absolute Gasteiger partial charge is 0.222 e. The van der Waals surface area contributed by atoms with E-state index in [0.29, 0.717) is 13.2 Å². The molecule has 88 valence electrons. The van der Waals surface area contributed by atoms with Crippen molar-refractivity contribution in [2.45, 2.75) is 32.7 Å². The van der Waals surface area contributed by atoms with Gasteiger partial charge in [0.1, 0.15) is 0 Å². The fourth-order valence-electron chi connectivity index (χ4n) is 1.71. The molecule has 0 saturated carbocycles. The zero-order chi connectivity index (χ0) is 11.1. The SMILES string of the molecule is CCCC(C)C(=O)NCC1COCCN1. The number of morpholine rings is 1. The van der Waals surface area contributed by atoms with Gasteiger partial charge in [0, 0.05) is 25.0 Å². The van der Waals surface area contributed by atoms with Gasteiger partial charge in [-0.1, -0.05) is 20.3 Å². The van der Waals surface area contributed by atoms with Crippen molar-refractivity contribution >= 4 is 5.91 Å². The molecule has 0 spiro atoms. The predicted octanol–water partition coefficient (Wildman–Crippen LogP) is 0.527. The number of rotatable bonds is 5. The molecule has 1 saturated heterocycles. The van der Waals surface area contributed by atoms with Crippen molar-refractivity contribution in [2.24, 2.45) is 5.92 Å². The Kier molecular flexibility index (Phi) is 5.65. The highest BCUT2D eigenvalue weighted by Gasteiger charge is 2.16. The minimum absolute atomic E-state index is 0.125. The molecule has 0 aliphatic carbocycles. The maximum absolute atomic E-state index is 11.6. The summed E-state index contributed by atoms with van der Waals surface area (Å²) >= 11 is 0. The van der Waals surface area contributed by atoms with E-state index in [1.165, 1.54) is 0 Å². The van der Waals surface area contributed by atoms with Crippen LogP contribution in [0.1, 0.15) is 26.7 Å². The van der Waals surface area contributed by atoms with Crippen LogP contribution in [0.2, 0.25) is 0 Å². The standard InChI is InChI=1S/C11H22N2O2/c1-3-4-9(2)11(14)13-7-10-8-15-6-5-12-10/h9-10,12H,3-8H2,1-2H3,(H,13,14). The summed E-state index contributed by atoms with van der Waals surface area (Å²) in [5, 5.41) is 6.26. The third-order valence-corrected chi connectivity index (χ3v) is 2.69. The van der Waals surface area contributed by atoms with Crippen molar-refractivity contribution in [1.82, 2.24) is 10.6 Å². The highest BCUT2D eigenvalue weighted by molar-refractivity contribution is 5.78. The van der Waals surface area contributed by atoms with Gasteiger partial charge in [0.2, 0.25) is 5.91 Å². The van der Waals surface area contributed by atoms with Crippen LogP contribution in [0.3, 0.4) is 0 Å². The topological polar surface area (TPSA) is 50.4 Å². The quantitative estimate of drug-likeness (QED) is 0.702. The molecular formula is C11H22N2O2. The Hall–Kier alpha value is -0.610. The number of hydrogen-bond donors (Lipinski definition) is 2. The maximum atomic E-state index is 11.6. The Labute approximate surface area is 91.8 Å². The van der Waals surface area contributed by atoms with Crippen LogP contribution < -0.4 is 10.6 Å². The van der Waals surface area contributed by atoms with E-state index < -0.39 is 0 Å². The first-order valence-electron chi connectivity index (χ1n) is 5.83. The summed E-state index contributed by atoms with van der Waals surface area (Å²) in [5.74, 6) is 0.281. The van der Waals surface area contributed by atoms with Crippen LogP contribution in [0.5, 0.6) is 0 Å². The third-order valence-electron chi connectivity index (χ3n) is 2.69. The van der Waals surface area contributed by atoms with E-state index in [-0.39, 0.29) is 17.9 Å². The zero-order valence-corrected chi connectivity index (χ0v) is 9.71. The summed E-state index contributed by atoms with van der Waals surface area (Å²) in [6.07, 6.45) is 2.01. The van der Waals surface area contributed by atoms with Gasteiger partial charge < -0.3 is 15.4 Å². The van der Waals surface area contributed by atoms with E-state index in [9.17, 15) is 4.79 Å². The van der Waals surface area contributed by atoms with Gasteiger partial charge in [-0.2, -0.15) is 0 Å². The first kappa shape index (κ1) is 12.5. The van der Waals surface area contributed by atoms with Gasteiger partial charge in [0.25, 0.3) is 0 Å². The van der Waals surface area contributed by atoms with Crippen LogP contribution in [0.25, 0.3) is 0 Å². The molecule has 4 nitrogen and oxygen atoms in total. The molecular weight excluding hydrogens is 192 g/mol. The summed E-state index contributed by atoms with van der Waals surface area (Å²) < 4.78 is 5.31. The average Bonchev–Trinajstić information content (AvgIpc) is 2.27. The van der Waals surface area contributed by atoms with Crippen molar-refractivity contribution in [3.05, 3.63) is 0 Å². The zero-order valence-electron chi connectivity index (χ0n) is 9.71. The van der Waals surface area contributed by atoms with Crippen molar-refractivity contribution in [3.63, 3.8) is 0 Å². The average molecular weight is 214 g/mol. The van der Waals surface area contributed by atoms with Crippen LogP contribution >= 0.6 is 0 Å². The summed E-state index contributed by atoms with van der Waals surface area (Å²) in [6, 6.07) is 0.275. The van der Waals surface area contributed by atoms with Crippen molar-refractivity contribution < 1.29 is 9.53 Å². The molecule has 2 N–H and O–H groups in total. The molecule has 1 amide bonds. The van der Waals surface area contributed by atoms with Crippen molar-refractivity contribution in [2.75, 3.05) is 26.3 Å². The van der Waals surface area contributed by atoms with E-state index in [1.54, 1.807) is 0 Å². The molecule has 1 heterocycles. The van der Waals surface area contributed by atoms with Gasteiger partial charge in [-0.3, -0.25) is 4.79 Å². The lowest BCUT2D eigenvalue weighted by molar-refractivity contribution is -0.124. The number of carbonyl (C=O) groups is 1. The predicted molar refractivity (Wildman–Crippen MR) is 59.7 cm³/mol. The fraction of sp³-hybridized carbons (Fsp3) is 0.909. The number of hydrogen-bond acceptors (Lipinski definition) is 3. The minimum atomic E-state index is 0.125. The van der Waals surface area contributed by atoms with Crippen LogP contribution in [-0.2, 0) is 9.53 Å². The molecule has 0 aromatic rings. The summed E-state index contributed by atoms with van der Waals surface area (Å²) in [7, 11) is 0. The number of carbonyl (C=O) groups excluding carboxylic acids is 1. The maximum Gasteiger partial charge on any atom is 0.222 e. The van der Waals surface area contributed by atoms with E-state index in [1.807, 2.05) is 6.92 Å². The van der Waals surface area contributed by atoms with Crippen molar-refractivity contribution in [3.8, 4) is 0 Å². The van der Waals surface area contributed by atoms with Crippen molar-refractivity contribution in [1.29, 1.82) is 0 Å². The minimum Gasteiger partial charge on any atom is -0.378 e. The molecule has 4 heteroatoms. The summed E-state index contributed by atoms with van der Waals surface area (Å²) in [4.78, 5) is 11.6. The van der Waals surface area contributed by atoms with Crippen LogP contribution in [0, 0.1) is 5.92 Å². The lowest BCUT2D eigenvalue weighted by Crippen LogP contribution is -2.49. The Morgan fingerprint density at radius 1 is 1.67 bits per heavy atom. The van der Waals surface area contributed by atoms with E-state index in [4.69, 9.17) is 4.74 Å². The normalized spacial score (nSPS) is 23.5. The molecule has 0 aromatic carbocycles. The molecule has 15 heavy (non-hydrogen) atoms. The highest BCUT2D eigenvalue weighted by atomic mass is 16.5.